The van der Waals surface area contributed by atoms with Gasteiger partial charge < -0.3 is 14.8 Å². The lowest BCUT2D eigenvalue weighted by Crippen LogP contribution is -2.31. The molecule has 2 aromatic rings. The van der Waals surface area contributed by atoms with Gasteiger partial charge in [-0.15, -0.1) is 0 Å². The van der Waals surface area contributed by atoms with Gasteiger partial charge in [0.2, 0.25) is 0 Å². The lowest BCUT2D eigenvalue weighted by atomic mass is 9.93. The van der Waals surface area contributed by atoms with E-state index < -0.39 is 0 Å². The number of carbonyl (C=O) groups is 1. The predicted molar refractivity (Wildman–Crippen MR) is 115 cm³/mol. The van der Waals surface area contributed by atoms with Gasteiger partial charge in [-0.25, -0.2) is 0 Å². The Morgan fingerprint density at radius 2 is 1.74 bits per heavy atom. The van der Waals surface area contributed by atoms with Crippen LogP contribution in [0.25, 0.3) is 11.6 Å². The van der Waals surface area contributed by atoms with Crippen LogP contribution in [-0.2, 0) is 11.8 Å². The molecule has 3 heteroatoms. The minimum absolute atomic E-state index is 0. The fraction of sp³-hybridized carbons (Fsp3) is 0.458. The zero-order chi connectivity index (χ0) is 18.8. The van der Waals surface area contributed by atoms with E-state index in [1.54, 1.807) is 5.57 Å². The third-order valence-electron chi connectivity index (χ3n) is 5.56. The van der Waals surface area contributed by atoms with E-state index >= 15 is 0 Å². The van der Waals surface area contributed by atoms with Crippen LogP contribution in [0.3, 0.4) is 0 Å². The summed E-state index contributed by atoms with van der Waals surface area (Å²) in [4.78, 5) is 8.00. The number of fused-ring (bicyclic) bond motifs is 1. The van der Waals surface area contributed by atoms with Gasteiger partial charge in [0, 0.05) is 18.6 Å². The van der Waals surface area contributed by atoms with E-state index in [1.807, 2.05) is 25.0 Å². The molecular formula is C24H35NO2. The summed E-state index contributed by atoms with van der Waals surface area (Å²) in [6.45, 7) is 4.08. The molecule has 1 fully saturated rings. The van der Waals surface area contributed by atoms with Crippen LogP contribution < -0.4 is 10.6 Å². The Morgan fingerprint density at radius 1 is 1.07 bits per heavy atom. The van der Waals surface area contributed by atoms with Crippen molar-refractivity contribution >= 4 is 18.4 Å². The maximum absolute atomic E-state index is 8.00. The van der Waals surface area contributed by atoms with Crippen molar-refractivity contribution in [2.24, 2.45) is 13.0 Å². The average Bonchev–Trinajstić information content (AvgIpc) is 3.33. The van der Waals surface area contributed by atoms with Gasteiger partial charge in [-0.3, -0.25) is 0 Å². The van der Waals surface area contributed by atoms with Gasteiger partial charge in [-0.1, -0.05) is 73.2 Å². The first-order valence-corrected chi connectivity index (χ1v) is 9.88. The van der Waals surface area contributed by atoms with Gasteiger partial charge in [0.25, 0.3) is 0 Å². The topological polar surface area (TPSA) is 53.5 Å². The fourth-order valence-electron chi connectivity index (χ4n) is 4.08. The maximum Gasteiger partial charge on any atom is 0.106 e. The van der Waals surface area contributed by atoms with E-state index in [-0.39, 0.29) is 5.48 Å². The number of nitrogens with zero attached hydrogens (tertiary/aromatic N) is 1. The molecule has 0 amide bonds. The van der Waals surface area contributed by atoms with E-state index in [2.05, 4.69) is 49.0 Å². The number of carbonyl (C=O) groups excluding carboxylic acids is 1. The van der Waals surface area contributed by atoms with E-state index in [4.69, 9.17) is 4.79 Å². The van der Waals surface area contributed by atoms with Crippen LogP contribution in [-0.4, -0.2) is 16.8 Å². The second-order valence-corrected chi connectivity index (χ2v) is 7.42. The minimum atomic E-state index is 0. The third-order valence-corrected chi connectivity index (χ3v) is 5.56. The van der Waals surface area contributed by atoms with E-state index in [9.17, 15) is 0 Å². The summed E-state index contributed by atoms with van der Waals surface area (Å²) in [7, 11) is 2.16. The Bertz CT molecular complexity index is 770. The number of benzene rings is 1. The molecule has 2 aliphatic rings. The highest BCUT2D eigenvalue weighted by molar-refractivity contribution is 5.50. The molecule has 0 radical (unpaired) electrons. The first kappa shape index (κ1) is 22.9. The van der Waals surface area contributed by atoms with Crippen molar-refractivity contribution in [3.05, 3.63) is 58.7 Å². The Labute approximate surface area is 163 Å². The Kier molecular flexibility index (Phi) is 10.4. The Morgan fingerprint density at radius 3 is 2.33 bits per heavy atom. The molecule has 1 aromatic heterocycles. The lowest BCUT2D eigenvalue weighted by Gasteiger charge is -2.13. The average molecular weight is 370 g/mol. The number of rotatable bonds is 3. The molecule has 148 valence electrons. The summed E-state index contributed by atoms with van der Waals surface area (Å²) < 4.78 is 2.27. The third kappa shape index (κ3) is 6.84. The number of hydrogen-bond donors (Lipinski definition) is 0. The molecule has 0 aliphatic heterocycles. The molecule has 1 heterocycles. The van der Waals surface area contributed by atoms with Gasteiger partial charge in [0.15, 0.2) is 0 Å². The van der Waals surface area contributed by atoms with Gasteiger partial charge in [0.1, 0.15) is 6.79 Å². The Hall–Kier alpha value is -2.13. The molecule has 0 atom stereocenters. The van der Waals surface area contributed by atoms with Crippen molar-refractivity contribution in [2.45, 2.75) is 58.3 Å². The van der Waals surface area contributed by atoms with Crippen molar-refractivity contribution in [1.29, 1.82) is 0 Å². The van der Waals surface area contributed by atoms with Gasteiger partial charge in [0.05, 0.1) is 0 Å². The standard InChI is InChI=1S/C16H23N.C7H8.CH2O.H2O/c1-17-12-11-15-14(7-4-8-16(15)17)10-9-13-5-2-3-6-13;1-7-5-3-2-4-6-7;1-2;/h8,11-13H,2-7,9-10H2,1H3;2-6H,1H3;1H2;1H2. The van der Waals surface area contributed by atoms with Crippen LogP contribution in [0.1, 0.15) is 56.9 Å². The highest BCUT2D eigenvalue weighted by atomic mass is 16.1. The molecule has 0 bridgehead atoms. The first-order valence-electron chi connectivity index (χ1n) is 9.88. The lowest BCUT2D eigenvalue weighted by molar-refractivity contribution is -0.0979. The second kappa shape index (κ2) is 12.3. The molecule has 0 spiro atoms. The van der Waals surface area contributed by atoms with Crippen molar-refractivity contribution < 1.29 is 10.3 Å². The van der Waals surface area contributed by atoms with Gasteiger partial charge in [-0.2, -0.15) is 0 Å². The SMILES string of the molecule is C=O.Cc1ccccc1.Cn1ccc2c1=CCCC=2CCC1CCCC1.O. The van der Waals surface area contributed by atoms with Crippen molar-refractivity contribution in [3.8, 4) is 0 Å². The van der Waals surface area contributed by atoms with Crippen LogP contribution in [0.2, 0.25) is 0 Å². The fourth-order valence-corrected chi connectivity index (χ4v) is 4.08. The van der Waals surface area contributed by atoms with Crippen LogP contribution in [0.15, 0.2) is 42.6 Å². The zero-order valence-electron chi connectivity index (χ0n) is 16.9. The van der Waals surface area contributed by atoms with Gasteiger partial charge >= 0.3 is 0 Å². The predicted octanol–water partition coefficient (Wildman–Crippen LogP) is 3.71. The van der Waals surface area contributed by atoms with Crippen LogP contribution in [0.4, 0.5) is 0 Å². The normalized spacial score (nSPS) is 15.3. The monoisotopic (exact) mass is 369 g/mol. The summed E-state index contributed by atoms with van der Waals surface area (Å²) in [5.41, 5.74) is 3.04. The zero-order valence-corrected chi connectivity index (χ0v) is 16.9. The molecule has 4 rings (SSSR count). The van der Waals surface area contributed by atoms with Crippen LogP contribution in [0, 0.1) is 12.8 Å². The number of aryl methyl sites for hydroxylation is 2. The molecule has 2 N–H and O–H groups in total. The number of aromatic nitrogens is 1. The maximum atomic E-state index is 8.00. The smallest absolute Gasteiger partial charge is 0.106 e. The molecular weight excluding hydrogens is 334 g/mol. The highest BCUT2D eigenvalue weighted by Gasteiger charge is 2.16. The molecule has 3 nitrogen and oxygen atoms in total. The van der Waals surface area contributed by atoms with Crippen LogP contribution in [0.5, 0.6) is 0 Å². The Balaban J connectivity index is 0.000000309. The van der Waals surface area contributed by atoms with E-state index in [0.717, 1.165) is 5.92 Å². The second-order valence-electron chi connectivity index (χ2n) is 7.42. The highest BCUT2D eigenvalue weighted by Crippen LogP contribution is 2.30. The summed E-state index contributed by atoms with van der Waals surface area (Å²) in [5, 5.41) is 2.99. The summed E-state index contributed by atoms with van der Waals surface area (Å²) >= 11 is 0. The molecule has 2 aliphatic carbocycles. The first-order chi connectivity index (χ1) is 12.7. The molecule has 1 aromatic carbocycles. The summed E-state index contributed by atoms with van der Waals surface area (Å²) in [6.07, 6.45) is 15.8. The molecule has 0 saturated heterocycles. The van der Waals surface area contributed by atoms with Crippen molar-refractivity contribution in [1.82, 2.24) is 4.57 Å². The van der Waals surface area contributed by atoms with E-state index in [1.165, 1.54) is 67.5 Å². The van der Waals surface area contributed by atoms with Crippen LogP contribution >= 0.6 is 0 Å². The summed E-state index contributed by atoms with van der Waals surface area (Å²) in [6, 6.07) is 12.6. The molecule has 0 unspecified atom stereocenters. The molecule has 27 heavy (non-hydrogen) atoms. The summed E-state index contributed by atoms with van der Waals surface area (Å²) in [5.74, 6) is 1.03. The van der Waals surface area contributed by atoms with Crippen molar-refractivity contribution in [2.75, 3.05) is 0 Å². The molecule has 1 saturated carbocycles. The van der Waals surface area contributed by atoms with Gasteiger partial charge in [-0.05, 0) is 49.8 Å². The number of hydrogen-bond acceptors (Lipinski definition) is 1. The quantitative estimate of drug-likeness (QED) is 0.814. The largest absolute Gasteiger partial charge is 0.412 e. The van der Waals surface area contributed by atoms with Crippen molar-refractivity contribution in [3.63, 3.8) is 0 Å². The van der Waals surface area contributed by atoms with E-state index in [0.29, 0.717) is 0 Å². The minimum Gasteiger partial charge on any atom is -0.412 e.